The standard InChI is InChI=1S/C13H18BrNO3/c1-8(2)12(13(17)18-3)15-7-9-6-10(14)4-5-11(9)16/h4-6,8,12,15-16H,7H2,1-3H3. The van der Waals surface area contributed by atoms with Gasteiger partial charge >= 0.3 is 5.97 Å². The molecular formula is C13H18BrNO3. The largest absolute Gasteiger partial charge is 0.508 e. The molecule has 0 spiro atoms. The van der Waals surface area contributed by atoms with Crippen molar-refractivity contribution < 1.29 is 14.6 Å². The number of phenols is 1. The zero-order valence-corrected chi connectivity index (χ0v) is 12.3. The summed E-state index contributed by atoms with van der Waals surface area (Å²) in [4.78, 5) is 11.6. The summed E-state index contributed by atoms with van der Waals surface area (Å²) in [6, 6.07) is 4.81. The predicted molar refractivity (Wildman–Crippen MR) is 73.3 cm³/mol. The highest BCUT2D eigenvalue weighted by Gasteiger charge is 2.22. The van der Waals surface area contributed by atoms with Crippen LogP contribution < -0.4 is 5.32 Å². The zero-order valence-electron chi connectivity index (χ0n) is 10.7. The maximum atomic E-state index is 11.6. The van der Waals surface area contributed by atoms with Gasteiger partial charge in [-0.15, -0.1) is 0 Å². The summed E-state index contributed by atoms with van der Waals surface area (Å²) in [6.45, 7) is 4.29. The molecule has 0 amide bonds. The second kappa shape index (κ2) is 6.75. The molecule has 0 aliphatic rings. The van der Waals surface area contributed by atoms with Gasteiger partial charge in [0.25, 0.3) is 0 Å². The molecule has 0 saturated heterocycles. The van der Waals surface area contributed by atoms with Crippen molar-refractivity contribution in [2.45, 2.75) is 26.4 Å². The number of methoxy groups -OCH3 is 1. The average Bonchev–Trinajstić information content (AvgIpc) is 2.32. The van der Waals surface area contributed by atoms with Crippen molar-refractivity contribution >= 4 is 21.9 Å². The number of carbonyl (C=O) groups excluding carboxylic acids is 1. The Balaban J connectivity index is 2.73. The van der Waals surface area contributed by atoms with Gasteiger partial charge in [-0.2, -0.15) is 0 Å². The molecule has 0 heterocycles. The smallest absolute Gasteiger partial charge is 0.323 e. The average molecular weight is 316 g/mol. The van der Waals surface area contributed by atoms with Gasteiger partial charge in [0.05, 0.1) is 7.11 Å². The molecule has 1 atom stereocenters. The Morgan fingerprint density at radius 2 is 2.17 bits per heavy atom. The lowest BCUT2D eigenvalue weighted by molar-refractivity contribution is -0.144. The summed E-state index contributed by atoms with van der Waals surface area (Å²) >= 11 is 3.34. The Hall–Kier alpha value is -1.07. The van der Waals surface area contributed by atoms with E-state index < -0.39 is 0 Å². The molecule has 0 aliphatic carbocycles. The number of halogens is 1. The zero-order chi connectivity index (χ0) is 13.7. The molecule has 0 aliphatic heterocycles. The maximum Gasteiger partial charge on any atom is 0.323 e. The summed E-state index contributed by atoms with van der Waals surface area (Å²) in [5.41, 5.74) is 0.735. The molecule has 1 aromatic carbocycles. The van der Waals surface area contributed by atoms with Gasteiger partial charge in [-0.05, 0) is 24.1 Å². The molecule has 0 radical (unpaired) electrons. The highest BCUT2D eigenvalue weighted by Crippen LogP contribution is 2.22. The van der Waals surface area contributed by atoms with E-state index in [0.29, 0.717) is 6.54 Å². The van der Waals surface area contributed by atoms with E-state index in [1.54, 1.807) is 12.1 Å². The lowest BCUT2D eigenvalue weighted by Crippen LogP contribution is -2.41. The highest BCUT2D eigenvalue weighted by atomic mass is 79.9. The summed E-state index contributed by atoms with van der Waals surface area (Å²) in [5, 5.41) is 12.8. The molecule has 1 unspecified atom stereocenters. The van der Waals surface area contributed by atoms with Crippen molar-refractivity contribution in [3.05, 3.63) is 28.2 Å². The van der Waals surface area contributed by atoms with Crippen LogP contribution in [0.25, 0.3) is 0 Å². The minimum absolute atomic E-state index is 0.117. The van der Waals surface area contributed by atoms with E-state index in [9.17, 15) is 9.90 Å². The van der Waals surface area contributed by atoms with Gasteiger partial charge in [-0.3, -0.25) is 10.1 Å². The Morgan fingerprint density at radius 1 is 1.50 bits per heavy atom. The van der Waals surface area contributed by atoms with Crippen LogP contribution in [-0.4, -0.2) is 24.2 Å². The third-order valence-corrected chi connectivity index (χ3v) is 3.17. The first-order valence-electron chi connectivity index (χ1n) is 5.74. The van der Waals surface area contributed by atoms with Crippen LogP contribution in [-0.2, 0) is 16.1 Å². The third-order valence-electron chi connectivity index (χ3n) is 2.68. The van der Waals surface area contributed by atoms with E-state index in [4.69, 9.17) is 4.74 Å². The Morgan fingerprint density at radius 3 is 2.72 bits per heavy atom. The Labute approximate surface area is 115 Å². The molecule has 0 saturated carbocycles. The van der Waals surface area contributed by atoms with Crippen LogP contribution in [0.2, 0.25) is 0 Å². The summed E-state index contributed by atoms with van der Waals surface area (Å²) in [6.07, 6.45) is 0. The second-order valence-electron chi connectivity index (χ2n) is 4.40. The van der Waals surface area contributed by atoms with E-state index in [0.717, 1.165) is 10.0 Å². The van der Waals surface area contributed by atoms with Crippen molar-refractivity contribution in [3.8, 4) is 5.75 Å². The first kappa shape index (κ1) is 15.0. The van der Waals surface area contributed by atoms with Gasteiger partial charge in [-0.1, -0.05) is 29.8 Å². The first-order chi connectivity index (χ1) is 8.45. The van der Waals surface area contributed by atoms with Crippen molar-refractivity contribution in [2.75, 3.05) is 7.11 Å². The van der Waals surface area contributed by atoms with Crippen LogP contribution in [0.3, 0.4) is 0 Å². The Bertz CT molecular complexity index is 421. The number of esters is 1. The van der Waals surface area contributed by atoms with Gasteiger partial charge in [0.1, 0.15) is 11.8 Å². The monoisotopic (exact) mass is 315 g/mol. The lowest BCUT2D eigenvalue weighted by Gasteiger charge is -2.20. The van der Waals surface area contributed by atoms with Crippen LogP contribution in [0.5, 0.6) is 5.75 Å². The highest BCUT2D eigenvalue weighted by molar-refractivity contribution is 9.10. The molecule has 18 heavy (non-hydrogen) atoms. The van der Waals surface area contributed by atoms with Crippen LogP contribution in [0, 0.1) is 5.92 Å². The van der Waals surface area contributed by atoms with E-state index in [-0.39, 0.29) is 23.7 Å². The number of hydrogen-bond acceptors (Lipinski definition) is 4. The van der Waals surface area contributed by atoms with Crippen molar-refractivity contribution in [1.82, 2.24) is 5.32 Å². The number of hydrogen-bond donors (Lipinski definition) is 2. The predicted octanol–water partition coefficient (Wildman–Crippen LogP) is 2.44. The molecule has 5 heteroatoms. The summed E-state index contributed by atoms with van der Waals surface area (Å²) < 4.78 is 5.63. The van der Waals surface area contributed by atoms with Gasteiger partial charge in [0, 0.05) is 16.6 Å². The number of nitrogens with one attached hydrogen (secondary N) is 1. The second-order valence-corrected chi connectivity index (χ2v) is 5.31. The molecule has 0 fully saturated rings. The van der Waals surface area contributed by atoms with Gasteiger partial charge < -0.3 is 9.84 Å². The number of ether oxygens (including phenoxy) is 1. The molecule has 0 aromatic heterocycles. The maximum absolute atomic E-state index is 11.6. The van der Waals surface area contributed by atoms with Crippen LogP contribution in [0.15, 0.2) is 22.7 Å². The fourth-order valence-corrected chi connectivity index (χ4v) is 2.04. The normalized spacial score (nSPS) is 12.5. The van der Waals surface area contributed by atoms with Gasteiger partial charge in [0.15, 0.2) is 0 Å². The van der Waals surface area contributed by atoms with Crippen LogP contribution >= 0.6 is 15.9 Å². The lowest BCUT2D eigenvalue weighted by atomic mass is 10.0. The van der Waals surface area contributed by atoms with Crippen LogP contribution in [0.4, 0.5) is 0 Å². The van der Waals surface area contributed by atoms with Crippen molar-refractivity contribution in [3.63, 3.8) is 0 Å². The fraction of sp³-hybridized carbons (Fsp3) is 0.462. The number of aromatic hydroxyl groups is 1. The van der Waals surface area contributed by atoms with E-state index in [1.165, 1.54) is 7.11 Å². The number of benzene rings is 1. The fourth-order valence-electron chi connectivity index (χ4n) is 1.63. The van der Waals surface area contributed by atoms with E-state index >= 15 is 0 Å². The third kappa shape index (κ3) is 3.99. The van der Waals surface area contributed by atoms with Gasteiger partial charge in [-0.25, -0.2) is 0 Å². The van der Waals surface area contributed by atoms with Crippen LogP contribution in [0.1, 0.15) is 19.4 Å². The molecular weight excluding hydrogens is 298 g/mol. The van der Waals surface area contributed by atoms with Crippen molar-refractivity contribution in [1.29, 1.82) is 0 Å². The SMILES string of the molecule is COC(=O)C(NCc1cc(Br)ccc1O)C(C)C. The minimum Gasteiger partial charge on any atom is -0.508 e. The molecule has 2 N–H and O–H groups in total. The van der Waals surface area contributed by atoms with E-state index in [1.807, 2.05) is 19.9 Å². The number of rotatable bonds is 5. The summed E-state index contributed by atoms with van der Waals surface area (Å²) in [5.74, 6) is 0.0318. The van der Waals surface area contributed by atoms with E-state index in [2.05, 4.69) is 21.2 Å². The quantitative estimate of drug-likeness (QED) is 0.819. The topological polar surface area (TPSA) is 58.6 Å². The Kier molecular flexibility index (Phi) is 5.62. The molecule has 100 valence electrons. The summed E-state index contributed by atoms with van der Waals surface area (Å²) in [7, 11) is 1.37. The first-order valence-corrected chi connectivity index (χ1v) is 6.53. The minimum atomic E-state index is -0.381. The number of phenolic OH excluding ortho intramolecular Hbond substituents is 1. The molecule has 1 aromatic rings. The molecule has 0 bridgehead atoms. The van der Waals surface area contributed by atoms with Crippen molar-refractivity contribution in [2.24, 2.45) is 5.92 Å². The number of carbonyl (C=O) groups is 1. The molecule has 4 nitrogen and oxygen atoms in total. The molecule has 1 rings (SSSR count). The van der Waals surface area contributed by atoms with Gasteiger partial charge in [0.2, 0.25) is 0 Å².